The molecule has 0 aliphatic rings. The molecule has 1 amide bonds. The number of ether oxygens (including phenoxy) is 1. The molecule has 142 valence electrons. The van der Waals surface area contributed by atoms with Gasteiger partial charge in [-0.3, -0.25) is 4.79 Å². The minimum absolute atomic E-state index is 0.0155. The van der Waals surface area contributed by atoms with Gasteiger partial charge in [-0.2, -0.15) is 4.98 Å². The largest absolute Gasteiger partial charge is 0.471 e. The van der Waals surface area contributed by atoms with Gasteiger partial charge < -0.3 is 15.8 Å². The monoisotopic (exact) mass is 381 g/mol. The van der Waals surface area contributed by atoms with Crippen LogP contribution >= 0.6 is 0 Å². The lowest BCUT2D eigenvalue weighted by Gasteiger charge is -2.11. The third-order valence-corrected chi connectivity index (χ3v) is 3.73. The van der Waals surface area contributed by atoms with Gasteiger partial charge in [0.15, 0.2) is 11.6 Å². The van der Waals surface area contributed by atoms with Crippen molar-refractivity contribution in [1.82, 2.24) is 4.98 Å². The SMILES string of the molecule is Nc1cc(F)c(OCc2ccc(F)cc2)nc1NC(=O)C=Cc1ccccc1. The number of amides is 1. The smallest absolute Gasteiger partial charge is 0.252 e. The number of hydrogen-bond acceptors (Lipinski definition) is 4. The number of nitrogens with two attached hydrogens (primary N) is 1. The zero-order valence-corrected chi connectivity index (χ0v) is 14.7. The van der Waals surface area contributed by atoms with Gasteiger partial charge >= 0.3 is 0 Å². The number of nitrogens with one attached hydrogen (secondary N) is 1. The molecule has 7 heteroatoms. The Morgan fingerprint density at radius 2 is 1.82 bits per heavy atom. The highest BCUT2D eigenvalue weighted by molar-refractivity contribution is 6.02. The van der Waals surface area contributed by atoms with Crippen LogP contribution in [0.1, 0.15) is 11.1 Å². The molecule has 0 aliphatic heterocycles. The van der Waals surface area contributed by atoms with Crippen molar-refractivity contribution in [2.24, 2.45) is 0 Å². The fourth-order valence-corrected chi connectivity index (χ4v) is 2.31. The van der Waals surface area contributed by atoms with E-state index >= 15 is 0 Å². The van der Waals surface area contributed by atoms with Crippen molar-refractivity contribution < 1.29 is 18.3 Å². The summed E-state index contributed by atoms with van der Waals surface area (Å²) in [5.74, 6) is -1.95. The van der Waals surface area contributed by atoms with Gasteiger partial charge in [-0.05, 0) is 29.3 Å². The summed E-state index contributed by atoms with van der Waals surface area (Å²) in [6, 6.07) is 15.8. The molecule has 0 aliphatic carbocycles. The molecule has 0 saturated carbocycles. The van der Waals surface area contributed by atoms with Crippen molar-refractivity contribution in [1.29, 1.82) is 0 Å². The minimum atomic E-state index is -0.766. The molecule has 3 N–H and O–H groups in total. The lowest BCUT2D eigenvalue weighted by molar-refractivity contribution is -0.111. The highest BCUT2D eigenvalue weighted by atomic mass is 19.1. The first-order chi connectivity index (χ1) is 13.5. The van der Waals surface area contributed by atoms with Crippen LogP contribution in [0, 0.1) is 11.6 Å². The average molecular weight is 381 g/mol. The van der Waals surface area contributed by atoms with E-state index < -0.39 is 11.7 Å². The Bertz CT molecular complexity index is 991. The summed E-state index contributed by atoms with van der Waals surface area (Å²) in [6.45, 7) is -0.0184. The van der Waals surface area contributed by atoms with Crippen molar-refractivity contribution in [2.45, 2.75) is 6.61 Å². The molecule has 3 aromatic rings. The molecule has 0 atom stereocenters. The van der Waals surface area contributed by atoms with Crippen LogP contribution in [0.25, 0.3) is 6.08 Å². The molecule has 1 aromatic heterocycles. The van der Waals surface area contributed by atoms with E-state index in [1.54, 1.807) is 6.08 Å². The van der Waals surface area contributed by atoms with Crippen molar-refractivity contribution >= 4 is 23.5 Å². The van der Waals surface area contributed by atoms with Crippen LogP contribution < -0.4 is 15.8 Å². The van der Waals surface area contributed by atoms with Crippen molar-refractivity contribution in [3.63, 3.8) is 0 Å². The number of halogens is 2. The molecule has 0 saturated heterocycles. The van der Waals surface area contributed by atoms with Crippen LogP contribution in [0.3, 0.4) is 0 Å². The minimum Gasteiger partial charge on any atom is -0.471 e. The van der Waals surface area contributed by atoms with E-state index in [1.807, 2.05) is 30.3 Å². The summed E-state index contributed by atoms with van der Waals surface area (Å²) in [5.41, 5.74) is 7.18. The third kappa shape index (κ3) is 5.14. The molecule has 1 heterocycles. The molecular weight excluding hydrogens is 364 g/mol. The Labute approximate surface area is 160 Å². The molecule has 5 nitrogen and oxygen atoms in total. The first-order valence-corrected chi connectivity index (χ1v) is 8.38. The Balaban J connectivity index is 1.69. The number of anilines is 2. The number of nitrogen functional groups attached to an aromatic ring is 1. The lowest BCUT2D eigenvalue weighted by atomic mass is 10.2. The summed E-state index contributed by atoms with van der Waals surface area (Å²) in [6.07, 6.45) is 2.94. The first kappa shape index (κ1) is 19.0. The normalized spacial score (nSPS) is 10.8. The van der Waals surface area contributed by atoms with Crippen LogP contribution in [-0.4, -0.2) is 10.9 Å². The summed E-state index contributed by atoms with van der Waals surface area (Å²) in [4.78, 5) is 16.0. The van der Waals surface area contributed by atoms with E-state index in [1.165, 1.54) is 30.3 Å². The number of nitrogens with zero attached hydrogens (tertiary/aromatic N) is 1. The molecule has 0 fully saturated rings. The predicted octanol–water partition coefficient (Wildman–Crippen LogP) is 4.17. The van der Waals surface area contributed by atoms with Gasteiger partial charge in [0.1, 0.15) is 12.4 Å². The van der Waals surface area contributed by atoms with E-state index in [-0.39, 0.29) is 29.8 Å². The number of carbonyl (C=O) groups excluding carboxylic acids is 1. The van der Waals surface area contributed by atoms with Gasteiger partial charge in [-0.25, -0.2) is 8.78 Å². The quantitative estimate of drug-likeness (QED) is 0.628. The first-order valence-electron chi connectivity index (χ1n) is 8.38. The maximum absolute atomic E-state index is 14.0. The van der Waals surface area contributed by atoms with E-state index in [2.05, 4.69) is 10.3 Å². The molecular formula is C21H17F2N3O2. The Hall–Kier alpha value is -3.74. The van der Waals surface area contributed by atoms with Gasteiger partial charge in [-0.15, -0.1) is 0 Å². The zero-order valence-electron chi connectivity index (χ0n) is 14.7. The second kappa shape index (κ2) is 8.77. The Morgan fingerprint density at radius 3 is 2.54 bits per heavy atom. The topological polar surface area (TPSA) is 77.2 Å². The van der Waals surface area contributed by atoms with Crippen LogP contribution in [0.2, 0.25) is 0 Å². The van der Waals surface area contributed by atoms with Crippen molar-refractivity contribution in [3.05, 3.63) is 89.5 Å². The summed E-state index contributed by atoms with van der Waals surface area (Å²) < 4.78 is 32.3. The van der Waals surface area contributed by atoms with Crippen LogP contribution in [0.15, 0.2) is 66.7 Å². The van der Waals surface area contributed by atoms with Gasteiger partial charge in [0.25, 0.3) is 5.88 Å². The van der Waals surface area contributed by atoms with E-state index in [9.17, 15) is 13.6 Å². The Morgan fingerprint density at radius 1 is 1.11 bits per heavy atom. The average Bonchev–Trinajstić information content (AvgIpc) is 2.69. The predicted molar refractivity (Wildman–Crippen MR) is 103 cm³/mol. The van der Waals surface area contributed by atoms with Crippen molar-refractivity contribution in [3.8, 4) is 5.88 Å². The maximum atomic E-state index is 14.0. The Kier molecular flexibility index (Phi) is 5.96. The number of rotatable bonds is 6. The third-order valence-electron chi connectivity index (χ3n) is 3.73. The van der Waals surface area contributed by atoms with Crippen LogP contribution in [-0.2, 0) is 11.4 Å². The molecule has 2 aromatic carbocycles. The standard InChI is InChI=1S/C21H17F2N3O2/c22-16-9-6-15(7-10-16)13-28-21-17(23)12-18(24)20(26-21)25-19(27)11-8-14-4-2-1-3-5-14/h1-12H,13,24H2,(H,25,26,27). The van der Waals surface area contributed by atoms with Crippen LogP contribution in [0.5, 0.6) is 5.88 Å². The molecule has 0 spiro atoms. The number of benzene rings is 2. The summed E-state index contributed by atoms with van der Waals surface area (Å²) in [7, 11) is 0. The highest BCUT2D eigenvalue weighted by Crippen LogP contribution is 2.24. The zero-order chi connectivity index (χ0) is 19.9. The summed E-state index contributed by atoms with van der Waals surface area (Å²) in [5, 5.41) is 2.50. The van der Waals surface area contributed by atoms with Crippen LogP contribution in [0.4, 0.5) is 20.3 Å². The van der Waals surface area contributed by atoms with E-state index in [4.69, 9.17) is 10.5 Å². The number of pyridine rings is 1. The number of aromatic nitrogens is 1. The second-order valence-electron chi connectivity index (χ2n) is 5.86. The molecule has 28 heavy (non-hydrogen) atoms. The molecule has 0 radical (unpaired) electrons. The fourth-order valence-electron chi connectivity index (χ4n) is 2.31. The number of carbonyl (C=O) groups is 1. The van der Waals surface area contributed by atoms with E-state index in [0.717, 1.165) is 11.6 Å². The lowest BCUT2D eigenvalue weighted by Crippen LogP contribution is -2.12. The molecule has 3 rings (SSSR count). The second-order valence-corrected chi connectivity index (χ2v) is 5.86. The van der Waals surface area contributed by atoms with Crippen molar-refractivity contribution in [2.75, 3.05) is 11.1 Å². The maximum Gasteiger partial charge on any atom is 0.252 e. The molecule has 0 unspecified atom stereocenters. The highest BCUT2D eigenvalue weighted by Gasteiger charge is 2.13. The van der Waals surface area contributed by atoms with E-state index in [0.29, 0.717) is 5.56 Å². The van der Waals surface area contributed by atoms with Gasteiger partial charge in [0.2, 0.25) is 5.91 Å². The van der Waals surface area contributed by atoms with Gasteiger partial charge in [-0.1, -0.05) is 42.5 Å². The van der Waals surface area contributed by atoms with Gasteiger partial charge in [0.05, 0.1) is 5.69 Å². The van der Waals surface area contributed by atoms with Gasteiger partial charge in [0, 0.05) is 12.1 Å². The fraction of sp³-hybridized carbons (Fsp3) is 0.0476. The number of hydrogen-bond donors (Lipinski definition) is 2. The molecule has 0 bridgehead atoms. The summed E-state index contributed by atoms with van der Waals surface area (Å²) >= 11 is 0.